The predicted octanol–water partition coefficient (Wildman–Crippen LogP) is 0.929. The lowest BCUT2D eigenvalue weighted by molar-refractivity contribution is -0.132. The molecule has 2 unspecified atom stereocenters. The maximum absolute atomic E-state index is 12.3. The van der Waals surface area contributed by atoms with Crippen molar-refractivity contribution < 1.29 is 4.79 Å². The van der Waals surface area contributed by atoms with Crippen LogP contribution in [0.3, 0.4) is 0 Å². The molecule has 0 saturated carbocycles. The monoisotopic (exact) mass is 253 g/mol. The lowest BCUT2D eigenvalue weighted by atomic mass is 9.90. The number of piperidine rings is 1. The van der Waals surface area contributed by atoms with Gasteiger partial charge in [-0.1, -0.05) is 6.92 Å². The molecule has 0 aromatic carbocycles. The molecule has 2 aliphatic rings. The van der Waals surface area contributed by atoms with E-state index in [2.05, 4.69) is 29.1 Å². The predicted molar refractivity (Wildman–Crippen MR) is 73.5 cm³/mol. The van der Waals surface area contributed by atoms with E-state index in [0.717, 1.165) is 39.1 Å². The van der Waals surface area contributed by atoms with Gasteiger partial charge in [0.1, 0.15) is 0 Å². The van der Waals surface area contributed by atoms with Crippen LogP contribution in [-0.2, 0) is 4.79 Å². The molecular formula is C14H27N3O. The van der Waals surface area contributed by atoms with E-state index in [0.29, 0.717) is 24.3 Å². The number of amides is 1. The van der Waals surface area contributed by atoms with Gasteiger partial charge < -0.3 is 15.1 Å². The summed E-state index contributed by atoms with van der Waals surface area (Å²) in [5.41, 5.74) is 0. The van der Waals surface area contributed by atoms with E-state index >= 15 is 0 Å². The van der Waals surface area contributed by atoms with Gasteiger partial charge in [-0.15, -0.1) is 0 Å². The van der Waals surface area contributed by atoms with Crippen LogP contribution in [0.25, 0.3) is 0 Å². The van der Waals surface area contributed by atoms with Crippen molar-refractivity contribution in [2.75, 3.05) is 39.8 Å². The second kappa shape index (κ2) is 6.53. The first-order valence-electron chi connectivity index (χ1n) is 7.36. The lowest BCUT2D eigenvalue weighted by Gasteiger charge is -2.31. The molecule has 0 spiro atoms. The van der Waals surface area contributed by atoms with Gasteiger partial charge in [-0.3, -0.25) is 4.79 Å². The average Bonchev–Trinajstić information content (AvgIpc) is 2.57. The normalized spacial score (nSPS) is 31.1. The second-order valence-corrected chi connectivity index (χ2v) is 5.92. The van der Waals surface area contributed by atoms with Crippen molar-refractivity contribution in [2.24, 2.45) is 5.92 Å². The van der Waals surface area contributed by atoms with E-state index < -0.39 is 0 Å². The summed E-state index contributed by atoms with van der Waals surface area (Å²) in [6.45, 7) is 7.30. The summed E-state index contributed by atoms with van der Waals surface area (Å²) < 4.78 is 0. The Morgan fingerprint density at radius 3 is 2.83 bits per heavy atom. The van der Waals surface area contributed by atoms with Crippen LogP contribution in [0.15, 0.2) is 0 Å². The molecule has 2 rings (SSSR count). The van der Waals surface area contributed by atoms with E-state index in [1.807, 2.05) is 0 Å². The number of nitrogens with zero attached hydrogens (tertiary/aromatic N) is 2. The van der Waals surface area contributed by atoms with Gasteiger partial charge in [-0.25, -0.2) is 0 Å². The van der Waals surface area contributed by atoms with Crippen LogP contribution < -0.4 is 5.32 Å². The average molecular weight is 253 g/mol. The molecule has 0 bridgehead atoms. The van der Waals surface area contributed by atoms with Crippen LogP contribution in [0.5, 0.6) is 0 Å². The molecule has 4 heteroatoms. The first-order valence-corrected chi connectivity index (χ1v) is 7.36. The molecule has 2 heterocycles. The Kier molecular flexibility index (Phi) is 5.01. The van der Waals surface area contributed by atoms with Crippen molar-refractivity contribution in [3.8, 4) is 0 Å². The van der Waals surface area contributed by atoms with Crippen molar-refractivity contribution in [2.45, 2.75) is 38.6 Å². The zero-order valence-corrected chi connectivity index (χ0v) is 11.8. The highest BCUT2D eigenvalue weighted by Crippen LogP contribution is 2.19. The third-order valence-electron chi connectivity index (χ3n) is 4.40. The smallest absolute Gasteiger partial charge is 0.224 e. The molecule has 18 heavy (non-hydrogen) atoms. The molecule has 4 nitrogen and oxygen atoms in total. The SMILES string of the molecule is CC1CCCNC1CC(=O)N1CCCN(C)CC1. The molecule has 0 aromatic heterocycles. The lowest BCUT2D eigenvalue weighted by Crippen LogP contribution is -2.45. The van der Waals surface area contributed by atoms with Crippen LogP contribution in [0.2, 0.25) is 0 Å². The number of nitrogens with one attached hydrogen (secondary N) is 1. The Morgan fingerprint density at radius 2 is 2.06 bits per heavy atom. The first kappa shape index (κ1) is 13.8. The summed E-state index contributed by atoms with van der Waals surface area (Å²) in [7, 11) is 2.14. The summed E-state index contributed by atoms with van der Waals surface area (Å²) in [5, 5.41) is 3.51. The Bertz CT molecular complexity index is 282. The maximum Gasteiger partial charge on any atom is 0.224 e. The van der Waals surface area contributed by atoms with Crippen molar-refractivity contribution in [3.63, 3.8) is 0 Å². The van der Waals surface area contributed by atoms with Crippen LogP contribution in [0, 0.1) is 5.92 Å². The number of carbonyl (C=O) groups is 1. The molecule has 104 valence electrons. The van der Waals surface area contributed by atoms with E-state index in [9.17, 15) is 4.79 Å². The molecule has 0 aliphatic carbocycles. The van der Waals surface area contributed by atoms with Crippen LogP contribution in [-0.4, -0.2) is 61.5 Å². The highest BCUT2D eigenvalue weighted by atomic mass is 16.2. The maximum atomic E-state index is 12.3. The van der Waals surface area contributed by atoms with Crippen molar-refractivity contribution in [3.05, 3.63) is 0 Å². The summed E-state index contributed by atoms with van der Waals surface area (Å²) >= 11 is 0. The highest BCUT2D eigenvalue weighted by molar-refractivity contribution is 5.77. The summed E-state index contributed by atoms with van der Waals surface area (Å²) in [6.07, 6.45) is 4.30. The van der Waals surface area contributed by atoms with E-state index in [-0.39, 0.29) is 0 Å². The van der Waals surface area contributed by atoms with Crippen LogP contribution >= 0.6 is 0 Å². The largest absolute Gasteiger partial charge is 0.341 e. The minimum absolute atomic E-state index is 0.344. The molecule has 0 aromatic rings. The van der Waals surface area contributed by atoms with Gasteiger partial charge in [0, 0.05) is 32.1 Å². The zero-order chi connectivity index (χ0) is 13.0. The third kappa shape index (κ3) is 3.69. The van der Waals surface area contributed by atoms with Crippen molar-refractivity contribution in [1.29, 1.82) is 0 Å². The molecule has 2 saturated heterocycles. The second-order valence-electron chi connectivity index (χ2n) is 5.92. The number of rotatable bonds is 2. The fraction of sp³-hybridized carbons (Fsp3) is 0.929. The number of likely N-dealkylation sites (N-methyl/N-ethyl adjacent to an activating group) is 1. The number of hydrogen-bond donors (Lipinski definition) is 1. The Labute approximate surface area is 111 Å². The fourth-order valence-corrected chi connectivity index (χ4v) is 3.00. The summed E-state index contributed by atoms with van der Waals surface area (Å²) in [4.78, 5) is 16.7. The molecule has 1 amide bonds. The topological polar surface area (TPSA) is 35.6 Å². The van der Waals surface area contributed by atoms with E-state index in [4.69, 9.17) is 0 Å². The molecule has 2 atom stereocenters. The minimum Gasteiger partial charge on any atom is -0.341 e. The van der Waals surface area contributed by atoms with Gasteiger partial charge in [-0.05, 0) is 45.3 Å². The quantitative estimate of drug-likeness (QED) is 0.795. The van der Waals surface area contributed by atoms with Gasteiger partial charge in [0.05, 0.1) is 0 Å². The molecule has 1 N–H and O–H groups in total. The standard InChI is InChI=1S/C14H27N3O/c1-12-5-3-6-15-13(12)11-14(18)17-8-4-7-16(2)9-10-17/h12-13,15H,3-11H2,1-2H3. The Balaban J connectivity index is 1.82. The molecule has 2 fully saturated rings. The fourth-order valence-electron chi connectivity index (χ4n) is 3.00. The Hall–Kier alpha value is -0.610. The van der Waals surface area contributed by atoms with Gasteiger partial charge in [0.25, 0.3) is 0 Å². The van der Waals surface area contributed by atoms with Gasteiger partial charge >= 0.3 is 0 Å². The molecule has 0 radical (unpaired) electrons. The third-order valence-corrected chi connectivity index (χ3v) is 4.40. The van der Waals surface area contributed by atoms with Gasteiger partial charge in [0.2, 0.25) is 5.91 Å². The highest BCUT2D eigenvalue weighted by Gasteiger charge is 2.26. The van der Waals surface area contributed by atoms with Crippen molar-refractivity contribution in [1.82, 2.24) is 15.1 Å². The minimum atomic E-state index is 0.344. The number of hydrogen-bond acceptors (Lipinski definition) is 3. The van der Waals surface area contributed by atoms with Crippen LogP contribution in [0.4, 0.5) is 0 Å². The van der Waals surface area contributed by atoms with Crippen LogP contribution in [0.1, 0.15) is 32.6 Å². The molecule has 2 aliphatic heterocycles. The summed E-state index contributed by atoms with van der Waals surface area (Å²) in [6, 6.07) is 0.396. The van der Waals surface area contributed by atoms with Crippen molar-refractivity contribution >= 4 is 5.91 Å². The van der Waals surface area contributed by atoms with E-state index in [1.54, 1.807) is 0 Å². The zero-order valence-electron chi connectivity index (χ0n) is 11.8. The summed E-state index contributed by atoms with van der Waals surface area (Å²) in [5.74, 6) is 0.980. The van der Waals surface area contributed by atoms with E-state index in [1.165, 1.54) is 12.8 Å². The first-order chi connectivity index (χ1) is 8.66. The number of carbonyl (C=O) groups excluding carboxylic acids is 1. The van der Waals surface area contributed by atoms with Gasteiger partial charge in [-0.2, -0.15) is 0 Å². The Morgan fingerprint density at radius 1 is 1.22 bits per heavy atom. The molecular weight excluding hydrogens is 226 g/mol. The van der Waals surface area contributed by atoms with Gasteiger partial charge in [0.15, 0.2) is 0 Å².